The second-order valence-electron chi connectivity index (χ2n) is 3.44. The Hall–Kier alpha value is -1.48. The number of hydrogen-bond donors (Lipinski definition) is 1. The van der Waals surface area contributed by atoms with Crippen LogP contribution >= 0.6 is 0 Å². The van der Waals surface area contributed by atoms with E-state index in [1.807, 2.05) is 0 Å². The Kier molecular flexibility index (Phi) is 2.40. The number of fused-ring (bicyclic) bond motifs is 1. The summed E-state index contributed by atoms with van der Waals surface area (Å²) in [6.45, 7) is 4.07. The third kappa shape index (κ3) is 1.70. The van der Waals surface area contributed by atoms with Crippen molar-refractivity contribution in [3.63, 3.8) is 0 Å². The Morgan fingerprint density at radius 3 is 2.47 bits per heavy atom. The predicted octanol–water partition coefficient (Wildman–Crippen LogP) is 2.76. The molecule has 0 aliphatic heterocycles. The topological polar surface area (TPSA) is 26.0 Å². The molecule has 0 fully saturated rings. The molecule has 0 saturated carbocycles. The maximum atomic E-state index is 13.4. The molecule has 2 N–H and O–H groups in total. The van der Waals surface area contributed by atoms with Gasteiger partial charge in [-0.3, -0.25) is 0 Å². The van der Waals surface area contributed by atoms with Gasteiger partial charge in [0.05, 0.1) is 0 Å². The molecule has 0 saturated heterocycles. The van der Waals surface area contributed by atoms with Crippen molar-refractivity contribution in [1.82, 2.24) is 0 Å². The van der Waals surface area contributed by atoms with Crippen LogP contribution in [0.2, 0.25) is 0 Å². The molecule has 3 heteroatoms. The SMILES string of the molecule is [CH2]c1cc(CN)cc2c(F)cc(F)cc12. The highest BCUT2D eigenvalue weighted by molar-refractivity contribution is 5.87. The van der Waals surface area contributed by atoms with Crippen molar-refractivity contribution in [1.29, 1.82) is 0 Å². The van der Waals surface area contributed by atoms with Crippen molar-refractivity contribution in [2.75, 3.05) is 0 Å². The molecule has 0 aromatic heterocycles. The lowest BCUT2D eigenvalue weighted by Crippen LogP contribution is -1.98. The summed E-state index contributed by atoms with van der Waals surface area (Å²) >= 11 is 0. The first-order valence-corrected chi connectivity index (χ1v) is 4.55. The van der Waals surface area contributed by atoms with Crippen LogP contribution < -0.4 is 5.73 Å². The van der Waals surface area contributed by atoms with Crippen molar-refractivity contribution in [2.24, 2.45) is 5.73 Å². The van der Waals surface area contributed by atoms with Crippen molar-refractivity contribution in [2.45, 2.75) is 6.54 Å². The predicted molar refractivity (Wildman–Crippen MR) is 56.2 cm³/mol. The molecule has 0 aliphatic rings. The summed E-state index contributed by atoms with van der Waals surface area (Å²) in [6.07, 6.45) is 0. The van der Waals surface area contributed by atoms with Gasteiger partial charge in [0.15, 0.2) is 0 Å². The van der Waals surface area contributed by atoms with E-state index in [4.69, 9.17) is 5.73 Å². The second-order valence-corrected chi connectivity index (χ2v) is 3.44. The van der Waals surface area contributed by atoms with Crippen LogP contribution in [0.3, 0.4) is 0 Å². The van der Waals surface area contributed by atoms with E-state index in [2.05, 4.69) is 6.92 Å². The summed E-state index contributed by atoms with van der Waals surface area (Å²) in [4.78, 5) is 0. The molecule has 77 valence electrons. The van der Waals surface area contributed by atoms with E-state index in [0.29, 0.717) is 22.9 Å². The maximum absolute atomic E-state index is 13.4. The Morgan fingerprint density at radius 1 is 1.07 bits per heavy atom. The van der Waals surface area contributed by atoms with E-state index in [-0.39, 0.29) is 0 Å². The van der Waals surface area contributed by atoms with Crippen LogP contribution in [-0.4, -0.2) is 0 Å². The van der Waals surface area contributed by atoms with Crippen LogP contribution in [0.15, 0.2) is 24.3 Å². The molecule has 0 amide bonds. The van der Waals surface area contributed by atoms with E-state index in [1.165, 1.54) is 6.07 Å². The Bertz CT molecular complexity index is 521. The minimum Gasteiger partial charge on any atom is -0.326 e. The van der Waals surface area contributed by atoms with Gasteiger partial charge in [0, 0.05) is 18.0 Å². The van der Waals surface area contributed by atoms with Gasteiger partial charge in [-0.2, -0.15) is 0 Å². The smallest absolute Gasteiger partial charge is 0.133 e. The average molecular weight is 206 g/mol. The van der Waals surface area contributed by atoms with E-state index in [1.54, 1.807) is 12.1 Å². The van der Waals surface area contributed by atoms with Crippen molar-refractivity contribution < 1.29 is 8.78 Å². The fourth-order valence-corrected chi connectivity index (χ4v) is 1.64. The first-order chi connectivity index (χ1) is 7.11. The van der Waals surface area contributed by atoms with Crippen LogP contribution in [0.5, 0.6) is 0 Å². The van der Waals surface area contributed by atoms with Gasteiger partial charge < -0.3 is 5.73 Å². The molecule has 0 atom stereocenters. The molecular formula is C12H10F2N. The average Bonchev–Trinajstić information content (AvgIpc) is 2.19. The van der Waals surface area contributed by atoms with Gasteiger partial charge in [0.2, 0.25) is 0 Å². The lowest BCUT2D eigenvalue weighted by Gasteiger charge is -2.06. The number of rotatable bonds is 1. The second kappa shape index (κ2) is 3.59. The van der Waals surface area contributed by atoms with Gasteiger partial charge >= 0.3 is 0 Å². The zero-order valence-corrected chi connectivity index (χ0v) is 8.06. The molecule has 2 rings (SSSR count). The summed E-state index contributed by atoms with van der Waals surface area (Å²) in [5.41, 5.74) is 6.84. The van der Waals surface area contributed by atoms with Crippen molar-refractivity contribution in [3.8, 4) is 0 Å². The fourth-order valence-electron chi connectivity index (χ4n) is 1.64. The zero-order valence-electron chi connectivity index (χ0n) is 8.06. The minimum absolute atomic E-state index is 0.315. The highest BCUT2D eigenvalue weighted by Crippen LogP contribution is 2.24. The lowest BCUT2D eigenvalue weighted by molar-refractivity contribution is 0.592. The molecule has 0 bridgehead atoms. The third-order valence-electron chi connectivity index (χ3n) is 2.37. The lowest BCUT2D eigenvalue weighted by atomic mass is 10.0. The number of nitrogens with two attached hydrogens (primary N) is 1. The molecule has 2 aromatic rings. The summed E-state index contributed by atoms with van der Waals surface area (Å²) in [6, 6.07) is 5.50. The van der Waals surface area contributed by atoms with Gasteiger partial charge in [0.1, 0.15) is 11.6 Å². The molecule has 1 nitrogen and oxygen atoms in total. The molecular weight excluding hydrogens is 196 g/mol. The van der Waals surface area contributed by atoms with Gasteiger partial charge in [-0.25, -0.2) is 8.78 Å². The number of benzene rings is 2. The highest BCUT2D eigenvalue weighted by Gasteiger charge is 2.07. The van der Waals surface area contributed by atoms with Gasteiger partial charge in [-0.15, -0.1) is 0 Å². The van der Waals surface area contributed by atoms with Gasteiger partial charge in [-0.1, -0.05) is 6.07 Å². The Balaban J connectivity index is 2.85. The highest BCUT2D eigenvalue weighted by atomic mass is 19.1. The van der Waals surface area contributed by atoms with Gasteiger partial charge in [0.25, 0.3) is 0 Å². The standard InChI is InChI=1S/C12H10F2N/c1-7-2-8(6-15)3-11-10(7)4-9(13)5-12(11)14/h2-5H,1,6,15H2. The number of hydrogen-bond acceptors (Lipinski definition) is 1. The van der Waals surface area contributed by atoms with Crippen LogP contribution in [0.25, 0.3) is 10.8 Å². The van der Waals surface area contributed by atoms with Crippen LogP contribution in [0, 0.1) is 18.6 Å². The Morgan fingerprint density at radius 2 is 1.80 bits per heavy atom. The first-order valence-electron chi connectivity index (χ1n) is 4.55. The first kappa shape index (κ1) is 10.1. The van der Waals surface area contributed by atoms with Crippen LogP contribution in [-0.2, 0) is 6.54 Å². The quantitative estimate of drug-likeness (QED) is 0.762. The summed E-state index contributed by atoms with van der Waals surface area (Å²) in [5, 5.41) is 0.856. The normalized spacial score (nSPS) is 10.9. The van der Waals surface area contributed by atoms with E-state index < -0.39 is 11.6 Å². The Labute approximate surface area is 86.5 Å². The summed E-state index contributed by atoms with van der Waals surface area (Å²) < 4.78 is 26.4. The fraction of sp³-hybridized carbons (Fsp3) is 0.0833. The van der Waals surface area contributed by atoms with Gasteiger partial charge in [-0.05, 0) is 35.6 Å². The number of halogens is 2. The molecule has 15 heavy (non-hydrogen) atoms. The monoisotopic (exact) mass is 206 g/mol. The largest absolute Gasteiger partial charge is 0.326 e. The molecule has 0 spiro atoms. The third-order valence-corrected chi connectivity index (χ3v) is 2.37. The maximum Gasteiger partial charge on any atom is 0.133 e. The molecule has 1 radical (unpaired) electrons. The van der Waals surface area contributed by atoms with Crippen molar-refractivity contribution in [3.05, 3.63) is 54.0 Å². The van der Waals surface area contributed by atoms with Crippen molar-refractivity contribution >= 4 is 10.8 Å². The summed E-state index contributed by atoms with van der Waals surface area (Å²) in [5.74, 6) is -1.17. The summed E-state index contributed by atoms with van der Waals surface area (Å²) in [7, 11) is 0. The molecule has 2 aromatic carbocycles. The van der Waals surface area contributed by atoms with Crippen LogP contribution in [0.4, 0.5) is 8.78 Å². The molecule has 0 unspecified atom stereocenters. The van der Waals surface area contributed by atoms with E-state index >= 15 is 0 Å². The molecule has 0 heterocycles. The van der Waals surface area contributed by atoms with Crippen LogP contribution in [0.1, 0.15) is 11.1 Å². The van der Waals surface area contributed by atoms with E-state index in [0.717, 1.165) is 11.6 Å². The zero-order chi connectivity index (χ0) is 11.0. The minimum atomic E-state index is -0.592. The van der Waals surface area contributed by atoms with E-state index in [9.17, 15) is 8.78 Å². The molecule has 0 aliphatic carbocycles.